The molecule has 0 unspecified atom stereocenters. The Bertz CT molecular complexity index is 1220. The molecule has 5 nitrogen and oxygen atoms in total. The molecule has 5 heteroatoms. The molecule has 0 saturated heterocycles. The topological polar surface area (TPSA) is 44.3 Å². The van der Waals surface area contributed by atoms with Crippen molar-refractivity contribution in [2.75, 3.05) is 7.11 Å². The zero-order valence-electron chi connectivity index (χ0n) is 21.3. The van der Waals surface area contributed by atoms with Crippen molar-refractivity contribution in [1.29, 1.82) is 0 Å². The number of hydrogen-bond acceptors (Lipinski definition) is 3. The van der Waals surface area contributed by atoms with E-state index in [1.165, 1.54) is 39.2 Å². The van der Waals surface area contributed by atoms with Crippen LogP contribution in [0.1, 0.15) is 61.0 Å². The zero-order chi connectivity index (χ0) is 25.0. The van der Waals surface area contributed by atoms with Gasteiger partial charge in [-0.25, -0.2) is 9.36 Å². The molecule has 188 valence electrons. The van der Waals surface area contributed by atoms with Crippen LogP contribution in [0.25, 0.3) is 10.9 Å². The van der Waals surface area contributed by atoms with Gasteiger partial charge < -0.3 is 14.0 Å². The summed E-state index contributed by atoms with van der Waals surface area (Å²) in [5.41, 5.74) is 2.77. The van der Waals surface area contributed by atoms with Crippen LogP contribution in [-0.2, 0) is 24.4 Å². The van der Waals surface area contributed by atoms with Gasteiger partial charge in [0.2, 0.25) is 0 Å². The lowest BCUT2D eigenvalue weighted by Gasteiger charge is -2.10. The van der Waals surface area contributed by atoms with E-state index >= 15 is 0 Å². The van der Waals surface area contributed by atoms with Gasteiger partial charge in [0, 0.05) is 36.0 Å². The first kappa shape index (κ1) is 25.5. The van der Waals surface area contributed by atoms with Crippen molar-refractivity contribution in [3.8, 4) is 5.75 Å². The van der Waals surface area contributed by atoms with Gasteiger partial charge in [0.05, 0.1) is 7.11 Å². The normalized spacial score (nSPS) is 11.0. The number of methoxy groups -OCH3 is 1. The molecule has 4 rings (SSSR count). The Morgan fingerprint density at radius 3 is 2.25 bits per heavy atom. The van der Waals surface area contributed by atoms with E-state index in [0.29, 0.717) is 12.3 Å². The molecule has 0 N–H and O–H groups in total. The number of nitrogens with zero attached hydrogens (tertiary/aromatic N) is 2. The fourth-order valence-corrected chi connectivity index (χ4v) is 4.63. The molecule has 0 aliphatic carbocycles. The van der Waals surface area contributed by atoms with E-state index in [0.717, 1.165) is 48.1 Å². The molecule has 0 radical (unpaired) electrons. The molecular weight excluding hydrogens is 448 g/mol. The number of aromatic nitrogens is 2. The minimum absolute atomic E-state index is 0.297. The predicted molar refractivity (Wildman–Crippen MR) is 143 cm³/mol. The molecule has 2 aromatic heterocycles. The minimum Gasteiger partial charge on any atom is -0.489 e. The molecule has 0 bridgehead atoms. The maximum Gasteiger partial charge on any atom is 0.354 e. The number of aryl methyl sites for hydroxylation is 2. The smallest absolute Gasteiger partial charge is 0.354 e. The molecule has 4 aromatic rings. The average molecular weight is 486 g/mol. The third-order valence-electron chi connectivity index (χ3n) is 6.59. The number of carbonyl (C=O) groups is 1. The highest BCUT2D eigenvalue weighted by Gasteiger charge is 2.16. The molecular formula is C31H37N2O3+. The predicted octanol–water partition coefficient (Wildman–Crippen LogP) is 6.73. The van der Waals surface area contributed by atoms with Gasteiger partial charge in [-0.3, -0.25) is 0 Å². The molecule has 0 fully saturated rings. The highest BCUT2D eigenvalue weighted by molar-refractivity contribution is 5.96. The van der Waals surface area contributed by atoms with Crippen molar-refractivity contribution in [1.82, 2.24) is 4.57 Å². The number of rotatable bonds is 14. The number of fused-ring (bicyclic) bond motifs is 1. The number of ether oxygens (including phenoxy) is 2. The van der Waals surface area contributed by atoms with Gasteiger partial charge in [-0.15, -0.1) is 0 Å². The van der Waals surface area contributed by atoms with Crippen LogP contribution in [0.3, 0.4) is 0 Å². The monoisotopic (exact) mass is 485 g/mol. The lowest BCUT2D eigenvalue weighted by Crippen LogP contribution is -2.32. The summed E-state index contributed by atoms with van der Waals surface area (Å²) < 4.78 is 15.4. The second-order valence-electron chi connectivity index (χ2n) is 9.26. The van der Waals surface area contributed by atoms with Crippen molar-refractivity contribution in [3.05, 3.63) is 96.4 Å². The molecule has 0 saturated carbocycles. The van der Waals surface area contributed by atoms with Crippen LogP contribution in [0.5, 0.6) is 5.75 Å². The fraction of sp³-hybridized carbons (Fsp3) is 0.355. The van der Waals surface area contributed by atoms with Gasteiger partial charge in [-0.05, 0) is 42.7 Å². The number of carbonyl (C=O) groups excluding carboxylic acids is 1. The Morgan fingerprint density at radius 1 is 0.806 bits per heavy atom. The Morgan fingerprint density at radius 2 is 1.50 bits per heavy atom. The zero-order valence-corrected chi connectivity index (χ0v) is 21.3. The van der Waals surface area contributed by atoms with Crippen LogP contribution in [0.2, 0.25) is 0 Å². The highest BCUT2D eigenvalue weighted by Crippen LogP contribution is 2.26. The van der Waals surface area contributed by atoms with Gasteiger partial charge in [0.1, 0.15) is 24.6 Å². The Kier molecular flexibility index (Phi) is 9.54. The molecule has 0 amide bonds. The largest absolute Gasteiger partial charge is 0.489 e. The van der Waals surface area contributed by atoms with Gasteiger partial charge in [0.25, 0.3) is 0 Å². The van der Waals surface area contributed by atoms with E-state index in [4.69, 9.17) is 9.47 Å². The van der Waals surface area contributed by atoms with Gasteiger partial charge in [-0.2, -0.15) is 0 Å². The Hall–Kier alpha value is -3.60. The number of benzene rings is 2. The standard InChI is InChI=1S/C31H37N2O3/c1-35-31(34)30-24-27-23-28(36-25-26-15-9-7-10-16-26)17-18-29(27)33(30)22-14-6-4-2-3-5-11-19-32-20-12-8-13-21-32/h7-10,12-13,15-18,20-21,23-24H,2-6,11,14,19,22,25H2,1H3/q+1. The minimum atomic E-state index is -0.297. The van der Waals surface area contributed by atoms with Crippen molar-refractivity contribution in [3.63, 3.8) is 0 Å². The van der Waals surface area contributed by atoms with Crippen LogP contribution in [0.15, 0.2) is 85.2 Å². The van der Waals surface area contributed by atoms with Crippen LogP contribution in [-0.4, -0.2) is 17.6 Å². The summed E-state index contributed by atoms with van der Waals surface area (Å²) in [5.74, 6) is 0.500. The van der Waals surface area contributed by atoms with E-state index in [2.05, 4.69) is 39.7 Å². The van der Waals surface area contributed by atoms with Crippen LogP contribution in [0.4, 0.5) is 0 Å². The quantitative estimate of drug-likeness (QED) is 0.113. The lowest BCUT2D eigenvalue weighted by atomic mass is 10.1. The van der Waals surface area contributed by atoms with Crippen molar-refractivity contribution in [2.45, 2.75) is 64.6 Å². The van der Waals surface area contributed by atoms with E-state index in [1.54, 1.807) is 0 Å². The number of pyridine rings is 1. The molecule has 2 aromatic carbocycles. The first-order valence-electron chi connectivity index (χ1n) is 13.1. The first-order valence-corrected chi connectivity index (χ1v) is 13.1. The van der Waals surface area contributed by atoms with E-state index in [-0.39, 0.29) is 5.97 Å². The number of hydrogen-bond donors (Lipinski definition) is 0. The lowest BCUT2D eigenvalue weighted by molar-refractivity contribution is -0.697. The molecule has 2 heterocycles. The van der Waals surface area contributed by atoms with Crippen LogP contribution < -0.4 is 9.30 Å². The summed E-state index contributed by atoms with van der Waals surface area (Å²) in [6.07, 6.45) is 12.7. The number of unbranched alkanes of at least 4 members (excludes halogenated alkanes) is 6. The Labute approximate surface area is 214 Å². The van der Waals surface area contributed by atoms with Gasteiger partial charge in [0.15, 0.2) is 12.4 Å². The SMILES string of the molecule is COC(=O)c1cc2cc(OCc3ccccc3)ccc2n1CCCCCCCCC[n+]1ccccc1. The second kappa shape index (κ2) is 13.5. The van der Waals surface area contributed by atoms with Crippen molar-refractivity contribution < 1.29 is 18.8 Å². The molecule has 0 atom stereocenters. The summed E-state index contributed by atoms with van der Waals surface area (Å²) in [7, 11) is 1.44. The summed E-state index contributed by atoms with van der Waals surface area (Å²) in [5, 5.41) is 0.997. The maximum absolute atomic E-state index is 12.5. The van der Waals surface area contributed by atoms with Gasteiger partial charge in [-0.1, -0.05) is 62.1 Å². The highest BCUT2D eigenvalue weighted by atomic mass is 16.5. The molecule has 0 aliphatic heterocycles. The van der Waals surface area contributed by atoms with Crippen molar-refractivity contribution >= 4 is 16.9 Å². The van der Waals surface area contributed by atoms with E-state index in [1.807, 2.05) is 54.6 Å². The average Bonchev–Trinajstić information content (AvgIpc) is 3.29. The maximum atomic E-state index is 12.5. The van der Waals surface area contributed by atoms with Crippen LogP contribution in [0, 0.1) is 0 Å². The Balaban J connectivity index is 1.25. The summed E-state index contributed by atoms with van der Waals surface area (Å²) in [4.78, 5) is 12.5. The fourth-order valence-electron chi connectivity index (χ4n) is 4.63. The van der Waals surface area contributed by atoms with Gasteiger partial charge >= 0.3 is 5.97 Å². The molecule has 0 aliphatic rings. The van der Waals surface area contributed by atoms with E-state index in [9.17, 15) is 4.79 Å². The first-order chi connectivity index (χ1) is 17.7. The number of esters is 1. The third-order valence-corrected chi connectivity index (χ3v) is 6.59. The molecule has 36 heavy (non-hydrogen) atoms. The van der Waals surface area contributed by atoms with E-state index < -0.39 is 0 Å². The summed E-state index contributed by atoms with van der Waals surface area (Å²) >= 11 is 0. The third kappa shape index (κ3) is 7.20. The van der Waals surface area contributed by atoms with Crippen LogP contribution >= 0.6 is 0 Å². The molecule has 0 spiro atoms. The summed E-state index contributed by atoms with van der Waals surface area (Å²) in [6, 6.07) is 24.3. The summed E-state index contributed by atoms with van der Waals surface area (Å²) in [6.45, 7) is 2.42. The second-order valence-corrected chi connectivity index (χ2v) is 9.26. The van der Waals surface area contributed by atoms with Crippen molar-refractivity contribution in [2.24, 2.45) is 0 Å².